The van der Waals surface area contributed by atoms with E-state index in [4.69, 9.17) is 0 Å². The Balaban J connectivity index is 1.37. The zero-order valence-electron chi connectivity index (χ0n) is 21.0. The van der Waals surface area contributed by atoms with Crippen molar-refractivity contribution in [1.29, 1.82) is 0 Å². The zero-order valence-corrected chi connectivity index (χ0v) is 21.0. The van der Waals surface area contributed by atoms with Gasteiger partial charge in [0, 0.05) is 25.2 Å². The molecule has 2 atom stereocenters. The first-order valence-electron chi connectivity index (χ1n) is 12.7. The number of aryl methyl sites for hydroxylation is 1. The number of nitrogens with one attached hydrogen (secondary N) is 2. The predicted octanol–water partition coefficient (Wildman–Crippen LogP) is 3.21. The van der Waals surface area contributed by atoms with E-state index < -0.39 is 24.8 Å². The molecule has 0 saturated carbocycles. The number of aromatic nitrogens is 4. The Labute approximate surface area is 217 Å². The van der Waals surface area contributed by atoms with E-state index in [1.165, 1.54) is 16.8 Å². The van der Waals surface area contributed by atoms with Crippen LogP contribution in [0.5, 0.6) is 0 Å². The average molecular weight is 532 g/mol. The largest absolute Gasteiger partial charge is 0.393 e. The Morgan fingerprint density at radius 2 is 2.08 bits per heavy atom. The molecule has 1 amide bonds. The first-order chi connectivity index (χ1) is 18.2. The van der Waals surface area contributed by atoms with Crippen molar-refractivity contribution in [3.05, 3.63) is 46.9 Å². The smallest absolute Gasteiger partial charge is 0.364 e. The Kier molecular flexibility index (Phi) is 7.29. The van der Waals surface area contributed by atoms with E-state index in [-0.39, 0.29) is 35.8 Å². The van der Waals surface area contributed by atoms with Crippen LogP contribution in [0.15, 0.2) is 24.4 Å². The molecular formula is C26H29F4N7O. The summed E-state index contributed by atoms with van der Waals surface area (Å²) in [5.74, 6) is 5.52. The third kappa shape index (κ3) is 5.62. The second-order valence-electron chi connectivity index (χ2n) is 9.81. The summed E-state index contributed by atoms with van der Waals surface area (Å²) in [5, 5.41) is 14.4. The van der Waals surface area contributed by atoms with Crippen LogP contribution in [0.25, 0.3) is 5.52 Å². The van der Waals surface area contributed by atoms with Crippen molar-refractivity contribution in [2.24, 2.45) is 0 Å². The maximum absolute atomic E-state index is 14.6. The number of pyridine rings is 1. The molecule has 3 aromatic heterocycles. The van der Waals surface area contributed by atoms with Crippen molar-refractivity contribution in [1.82, 2.24) is 29.6 Å². The number of likely N-dealkylation sites (tertiary alicyclic amines) is 1. The fourth-order valence-electron chi connectivity index (χ4n) is 5.07. The van der Waals surface area contributed by atoms with Crippen LogP contribution in [0.4, 0.5) is 23.4 Å². The molecule has 202 valence electrons. The van der Waals surface area contributed by atoms with Gasteiger partial charge in [-0.3, -0.25) is 9.48 Å². The Hall–Kier alpha value is -3.59. The van der Waals surface area contributed by atoms with Gasteiger partial charge in [-0.2, -0.15) is 23.4 Å². The number of halogens is 4. The highest BCUT2D eigenvalue weighted by atomic mass is 19.4. The Morgan fingerprint density at radius 1 is 1.24 bits per heavy atom. The highest BCUT2D eigenvalue weighted by molar-refractivity contribution is 5.95. The van der Waals surface area contributed by atoms with Gasteiger partial charge in [-0.05, 0) is 50.8 Å². The molecule has 8 nitrogen and oxygen atoms in total. The molecule has 2 aliphatic heterocycles. The van der Waals surface area contributed by atoms with Gasteiger partial charge in [0.05, 0.1) is 42.0 Å². The third-order valence-corrected chi connectivity index (χ3v) is 6.99. The summed E-state index contributed by atoms with van der Waals surface area (Å²) < 4.78 is 58.2. The molecule has 0 radical (unpaired) electrons. The highest BCUT2D eigenvalue weighted by Crippen LogP contribution is 2.29. The van der Waals surface area contributed by atoms with Crippen LogP contribution in [0, 0.1) is 11.8 Å². The van der Waals surface area contributed by atoms with Crippen molar-refractivity contribution in [3.63, 3.8) is 0 Å². The fourth-order valence-corrected chi connectivity index (χ4v) is 5.07. The molecule has 12 heteroatoms. The lowest BCUT2D eigenvalue weighted by atomic mass is 10.0. The Morgan fingerprint density at radius 3 is 2.87 bits per heavy atom. The number of amides is 1. The zero-order chi connectivity index (χ0) is 26.9. The van der Waals surface area contributed by atoms with Crippen molar-refractivity contribution in [2.75, 3.05) is 32.0 Å². The molecule has 5 rings (SSSR count). The van der Waals surface area contributed by atoms with Crippen molar-refractivity contribution < 1.29 is 22.4 Å². The van der Waals surface area contributed by atoms with Gasteiger partial charge in [0.2, 0.25) is 0 Å². The molecule has 0 bridgehead atoms. The molecule has 0 aliphatic carbocycles. The summed E-state index contributed by atoms with van der Waals surface area (Å²) in [6.07, 6.45) is -1.94. The molecule has 38 heavy (non-hydrogen) atoms. The second kappa shape index (κ2) is 10.6. The molecule has 3 aromatic rings. The van der Waals surface area contributed by atoms with Crippen molar-refractivity contribution in [3.8, 4) is 11.8 Å². The molecular weight excluding hydrogens is 502 g/mol. The van der Waals surface area contributed by atoms with E-state index in [1.54, 1.807) is 12.1 Å². The van der Waals surface area contributed by atoms with E-state index >= 15 is 0 Å². The number of hydrogen-bond donors (Lipinski definition) is 2. The third-order valence-electron chi connectivity index (χ3n) is 6.99. The van der Waals surface area contributed by atoms with Gasteiger partial charge in [0.25, 0.3) is 5.91 Å². The summed E-state index contributed by atoms with van der Waals surface area (Å²) in [6, 6.07) is 4.33. The molecule has 0 spiro atoms. The van der Waals surface area contributed by atoms with Crippen molar-refractivity contribution >= 4 is 17.2 Å². The number of piperidine rings is 1. The van der Waals surface area contributed by atoms with Gasteiger partial charge in [-0.25, -0.2) is 8.91 Å². The van der Waals surface area contributed by atoms with Crippen LogP contribution in [0.1, 0.15) is 46.6 Å². The number of carbonyl (C=O) groups excluding carboxylic acids is 1. The monoisotopic (exact) mass is 531 g/mol. The summed E-state index contributed by atoms with van der Waals surface area (Å²) in [7, 11) is 1.84. The van der Waals surface area contributed by atoms with Crippen LogP contribution >= 0.6 is 0 Å². The summed E-state index contributed by atoms with van der Waals surface area (Å²) in [5.41, 5.74) is 1.53. The maximum atomic E-state index is 14.6. The van der Waals surface area contributed by atoms with E-state index in [9.17, 15) is 22.4 Å². The van der Waals surface area contributed by atoms with Crippen LogP contribution in [-0.2, 0) is 19.4 Å². The number of alkyl halides is 4. The summed E-state index contributed by atoms with van der Waals surface area (Å²) in [4.78, 5) is 14.5. The number of carbonyl (C=O) groups is 1. The first-order valence-corrected chi connectivity index (χ1v) is 12.7. The normalized spacial score (nSPS) is 20.0. The minimum absolute atomic E-state index is 0.0334. The number of nitrogens with zero attached hydrogens (tertiary/aromatic N) is 5. The van der Waals surface area contributed by atoms with Gasteiger partial charge in [0.15, 0.2) is 0 Å². The second-order valence-corrected chi connectivity index (χ2v) is 9.81. The van der Waals surface area contributed by atoms with Crippen LogP contribution < -0.4 is 10.6 Å². The number of fused-ring (bicyclic) bond motifs is 2. The molecule has 2 aliphatic rings. The predicted molar refractivity (Wildman–Crippen MR) is 134 cm³/mol. The van der Waals surface area contributed by atoms with Gasteiger partial charge in [0.1, 0.15) is 17.7 Å². The van der Waals surface area contributed by atoms with Gasteiger partial charge >= 0.3 is 6.18 Å². The lowest BCUT2D eigenvalue weighted by Gasteiger charge is -2.33. The van der Waals surface area contributed by atoms with Gasteiger partial charge in [-0.1, -0.05) is 12.0 Å². The molecule has 0 unspecified atom stereocenters. The number of anilines is 1. The van der Waals surface area contributed by atoms with E-state index in [0.29, 0.717) is 24.3 Å². The number of hydrogen-bond acceptors (Lipinski definition) is 5. The highest BCUT2D eigenvalue weighted by Gasteiger charge is 2.32. The quantitative estimate of drug-likeness (QED) is 0.391. The van der Waals surface area contributed by atoms with E-state index in [0.717, 1.165) is 31.5 Å². The average Bonchev–Trinajstić information content (AvgIpc) is 3.45. The van der Waals surface area contributed by atoms with Crippen molar-refractivity contribution in [2.45, 2.75) is 57.0 Å². The maximum Gasteiger partial charge on any atom is 0.393 e. The number of rotatable bonds is 5. The standard InChI is InChI=1S/C26H29F4N7O/c1-35-13-10-21(19(27)16-35)33-24-9-4-8-23-17(14-26(28,29)30)20(34-37(23)24)6-5-11-31-25(38)18-15-32-36-12-3-2-7-22(18)36/h4,8-9,15,19,21,33H,2-3,7,10-14,16H2,1H3,(H,31,38)/t19-,21+/m0/s1. The lowest BCUT2D eigenvalue weighted by Crippen LogP contribution is -2.46. The Bertz CT molecular complexity index is 1380. The minimum atomic E-state index is -4.48. The SMILES string of the molecule is CN1CC[C@@H](Nc2cccc3c(CC(F)(F)F)c(C#CCNC(=O)c4cnn5c4CCCC5)nn23)[C@@H](F)C1. The fraction of sp³-hybridized carbons (Fsp3) is 0.500. The van der Waals surface area contributed by atoms with E-state index in [1.807, 2.05) is 16.6 Å². The topological polar surface area (TPSA) is 79.5 Å². The molecule has 2 N–H and O–H groups in total. The van der Waals surface area contributed by atoms with Gasteiger partial charge in [-0.15, -0.1) is 0 Å². The summed E-state index contributed by atoms with van der Waals surface area (Å²) in [6.45, 7) is 1.69. The van der Waals surface area contributed by atoms with Crippen LogP contribution in [0.2, 0.25) is 0 Å². The molecule has 5 heterocycles. The van der Waals surface area contributed by atoms with Gasteiger partial charge < -0.3 is 15.5 Å². The molecule has 1 saturated heterocycles. The lowest BCUT2D eigenvalue weighted by molar-refractivity contribution is -0.127. The first kappa shape index (κ1) is 26.0. The van der Waals surface area contributed by atoms with Crippen LogP contribution in [-0.4, -0.2) is 75.3 Å². The van der Waals surface area contributed by atoms with Crippen LogP contribution in [0.3, 0.4) is 0 Å². The minimum Gasteiger partial charge on any atom is -0.364 e. The molecule has 1 fully saturated rings. The summed E-state index contributed by atoms with van der Waals surface area (Å²) >= 11 is 0. The van der Waals surface area contributed by atoms with E-state index in [2.05, 4.69) is 32.7 Å². The molecule has 0 aromatic carbocycles.